The van der Waals surface area contributed by atoms with E-state index in [1.54, 1.807) is 0 Å². The van der Waals surface area contributed by atoms with Crippen molar-refractivity contribution in [1.29, 1.82) is 0 Å². The maximum Gasteiger partial charge on any atom is 0.0394 e. The Balaban J connectivity index is 4.87. The highest BCUT2D eigenvalue weighted by Crippen LogP contribution is 2.30. The van der Waals surface area contributed by atoms with Crippen molar-refractivity contribution < 1.29 is 0 Å². The molecule has 3 N–H and O–H groups in total. The number of hydrogen-bond donors (Lipinski definition) is 2. The number of hydrazine groups is 1. The maximum absolute atomic E-state index is 5.90. The molecule has 0 aliphatic rings. The molecule has 0 amide bonds. The molecule has 0 heterocycles. The minimum absolute atomic E-state index is 0.204. The second-order valence-electron chi connectivity index (χ2n) is 6.03. The van der Waals surface area contributed by atoms with Gasteiger partial charge in [-0.15, -0.1) is 0 Å². The van der Waals surface area contributed by atoms with E-state index >= 15 is 0 Å². The fourth-order valence-electron chi connectivity index (χ4n) is 3.50. The highest BCUT2D eigenvalue weighted by atomic mass is 15.3. The SMILES string of the molecule is CCN(CC)C(CC)(CC)C(CCCC(C)C)NN. The smallest absolute Gasteiger partial charge is 0.0394 e. The molecule has 3 nitrogen and oxygen atoms in total. The minimum Gasteiger partial charge on any atom is -0.297 e. The molecule has 0 spiro atoms. The van der Waals surface area contributed by atoms with Gasteiger partial charge < -0.3 is 0 Å². The van der Waals surface area contributed by atoms with Gasteiger partial charge in [-0.2, -0.15) is 0 Å². The van der Waals surface area contributed by atoms with Crippen LogP contribution in [-0.2, 0) is 0 Å². The molecule has 0 bridgehead atoms. The van der Waals surface area contributed by atoms with Crippen LogP contribution in [0.3, 0.4) is 0 Å². The summed E-state index contributed by atoms with van der Waals surface area (Å²) in [5.74, 6) is 6.68. The maximum atomic E-state index is 5.90. The molecule has 0 fully saturated rings. The second kappa shape index (κ2) is 9.73. The summed E-state index contributed by atoms with van der Waals surface area (Å²) in [5, 5.41) is 0. The number of nitrogens with one attached hydrogen (secondary N) is 1. The first-order valence-electron chi connectivity index (χ1n) is 8.23. The van der Waals surface area contributed by atoms with Crippen molar-refractivity contribution in [3.05, 3.63) is 0 Å². The van der Waals surface area contributed by atoms with Crippen LogP contribution in [0.2, 0.25) is 0 Å². The summed E-state index contributed by atoms with van der Waals surface area (Å²) < 4.78 is 0. The average molecular weight is 271 g/mol. The van der Waals surface area contributed by atoms with Crippen LogP contribution < -0.4 is 11.3 Å². The third kappa shape index (κ3) is 5.05. The third-order valence-electron chi connectivity index (χ3n) is 4.74. The van der Waals surface area contributed by atoms with Crippen LogP contribution in [0.1, 0.15) is 73.6 Å². The topological polar surface area (TPSA) is 41.3 Å². The quantitative estimate of drug-likeness (QED) is 0.446. The zero-order valence-corrected chi connectivity index (χ0v) is 14.1. The van der Waals surface area contributed by atoms with E-state index in [9.17, 15) is 0 Å². The van der Waals surface area contributed by atoms with Crippen LogP contribution in [-0.4, -0.2) is 29.6 Å². The molecule has 0 saturated heterocycles. The van der Waals surface area contributed by atoms with Gasteiger partial charge in [-0.3, -0.25) is 16.2 Å². The van der Waals surface area contributed by atoms with Gasteiger partial charge in [0.05, 0.1) is 0 Å². The summed E-state index contributed by atoms with van der Waals surface area (Å²) >= 11 is 0. The van der Waals surface area contributed by atoms with E-state index in [1.165, 1.54) is 19.3 Å². The Morgan fingerprint density at radius 1 is 1.00 bits per heavy atom. The molecule has 3 heteroatoms. The fourth-order valence-corrected chi connectivity index (χ4v) is 3.50. The Bertz CT molecular complexity index is 208. The summed E-state index contributed by atoms with van der Waals surface area (Å²) in [6.45, 7) is 15.9. The molecule has 0 aliphatic heterocycles. The van der Waals surface area contributed by atoms with Crippen molar-refractivity contribution in [2.45, 2.75) is 85.2 Å². The van der Waals surface area contributed by atoms with E-state index in [-0.39, 0.29) is 5.54 Å². The summed E-state index contributed by atoms with van der Waals surface area (Å²) in [5.41, 5.74) is 3.33. The molecule has 0 saturated carbocycles. The Kier molecular flexibility index (Phi) is 9.67. The summed E-state index contributed by atoms with van der Waals surface area (Å²) in [6, 6.07) is 0.390. The predicted molar refractivity (Wildman–Crippen MR) is 86.0 cm³/mol. The molecular formula is C16H37N3. The van der Waals surface area contributed by atoms with Gasteiger partial charge in [0.2, 0.25) is 0 Å². The standard InChI is InChI=1S/C16H37N3/c1-7-16(8-2,19(9-3)10-4)15(18-17)13-11-12-14(5)6/h14-15,18H,7-13,17H2,1-6H3. The molecule has 0 aromatic carbocycles. The van der Waals surface area contributed by atoms with Crippen LogP contribution in [0, 0.1) is 5.92 Å². The van der Waals surface area contributed by atoms with E-state index in [4.69, 9.17) is 5.84 Å². The normalized spacial score (nSPS) is 14.4. The van der Waals surface area contributed by atoms with E-state index in [0.717, 1.165) is 31.8 Å². The van der Waals surface area contributed by atoms with Crippen molar-refractivity contribution in [1.82, 2.24) is 10.3 Å². The van der Waals surface area contributed by atoms with Gasteiger partial charge in [-0.05, 0) is 38.3 Å². The van der Waals surface area contributed by atoms with Crippen LogP contribution in [0.15, 0.2) is 0 Å². The van der Waals surface area contributed by atoms with Gasteiger partial charge in [-0.1, -0.05) is 54.4 Å². The first-order chi connectivity index (χ1) is 9.02. The Morgan fingerprint density at radius 3 is 1.84 bits per heavy atom. The zero-order chi connectivity index (χ0) is 14.9. The minimum atomic E-state index is 0.204. The van der Waals surface area contributed by atoms with Crippen LogP contribution in [0.25, 0.3) is 0 Å². The number of likely N-dealkylation sites (N-methyl/N-ethyl adjacent to an activating group) is 1. The van der Waals surface area contributed by atoms with Gasteiger partial charge >= 0.3 is 0 Å². The molecular weight excluding hydrogens is 234 g/mol. The van der Waals surface area contributed by atoms with Crippen molar-refractivity contribution in [3.8, 4) is 0 Å². The second-order valence-corrected chi connectivity index (χ2v) is 6.03. The van der Waals surface area contributed by atoms with E-state index in [2.05, 4.69) is 51.9 Å². The lowest BCUT2D eigenvalue weighted by atomic mass is 9.80. The van der Waals surface area contributed by atoms with Gasteiger partial charge in [-0.25, -0.2) is 0 Å². The first-order valence-corrected chi connectivity index (χ1v) is 8.23. The summed E-state index contributed by atoms with van der Waals surface area (Å²) in [7, 11) is 0. The molecule has 0 aromatic rings. The lowest BCUT2D eigenvalue weighted by Gasteiger charge is -2.48. The average Bonchev–Trinajstić information content (AvgIpc) is 2.41. The molecule has 1 atom stereocenters. The summed E-state index contributed by atoms with van der Waals surface area (Å²) in [6.07, 6.45) is 6.03. The van der Waals surface area contributed by atoms with E-state index in [1.807, 2.05) is 0 Å². The van der Waals surface area contributed by atoms with Crippen LogP contribution in [0.5, 0.6) is 0 Å². The van der Waals surface area contributed by atoms with Crippen molar-refractivity contribution in [3.63, 3.8) is 0 Å². The molecule has 0 aliphatic carbocycles. The van der Waals surface area contributed by atoms with Crippen molar-refractivity contribution >= 4 is 0 Å². The van der Waals surface area contributed by atoms with Crippen molar-refractivity contribution in [2.75, 3.05) is 13.1 Å². The van der Waals surface area contributed by atoms with E-state index in [0.29, 0.717) is 6.04 Å². The monoisotopic (exact) mass is 271 g/mol. The number of nitrogens with zero attached hydrogens (tertiary/aromatic N) is 1. The van der Waals surface area contributed by atoms with Gasteiger partial charge in [0.15, 0.2) is 0 Å². The Hall–Kier alpha value is -0.120. The molecule has 0 rings (SSSR count). The lowest BCUT2D eigenvalue weighted by molar-refractivity contribution is 0.0448. The first kappa shape index (κ1) is 18.9. The lowest BCUT2D eigenvalue weighted by Crippen LogP contribution is -2.62. The van der Waals surface area contributed by atoms with Gasteiger partial charge in [0.25, 0.3) is 0 Å². The molecule has 0 aromatic heterocycles. The van der Waals surface area contributed by atoms with Gasteiger partial charge in [0.1, 0.15) is 0 Å². The predicted octanol–water partition coefficient (Wildman–Crippen LogP) is 3.55. The molecule has 116 valence electrons. The van der Waals surface area contributed by atoms with E-state index < -0.39 is 0 Å². The fraction of sp³-hybridized carbons (Fsp3) is 1.00. The summed E-state index contributed by atoms with van der Waals surface area (Å²) in [4.78, 5) is 2.59. The molecule has 1 unspecified atom stereocenters. The van der Waals surface area contributed by atoms with Crippen molar-refractivity contribution in [2.24, 2.45) is 11.8 Å². The van der Waals surface area contributed by atoms with Gasteiger partial charge in [0, 0.05) is 11.6 Å². The highest BCUT2D eigenvalue weighted by molar-refractivity contribution is 4.97. The Morgan fingerprint density at radius 2 is 1.53 bits per heavy atom. The number of hydrogen-bond acceptors (Lipinski definition) is 3. The zero-order valence-electron chi connectivity index (χ0n) is 14.1. The van der Waals surface area contributed by atoms with Crippen LogP contribution in [0.4, 0.5) is 0 Å². The Labute approximate surface area is 121 Å². The highest BCUT2D eigenvalue weighted by Gasteiger charge is 2.38. The molecule has 0 radical (unpaired) electrons. The largest absolute Gasteiger partial charge is 0.297 e. The number of rotatable bonds is 11. The van der Waals surface area contributed by atoms with Crippen LogP contribution >= 0.6 is 0 Å². The third-order valence-corrected chi connectivity index (χ3v) is 4.74. The molecule has 19 heavy (non-hydrogen) atoms. The number of nitrogens with two attached hydrogens (primary N) is 1.